The molecular weight excluding hydrogens is 320 g/mol. The van der Waals surface area contributed by atoms with Crippen LogP contribution in [-0.2, 0) is 6.54 Å². The molecule has 0 amide bonds. The highest BCUT2D eigenvalue weighted by atomic mass is 19.1. The van der Waals surface area contributed by atoms with Gasteiger partial charge in [-0.1, -0.05) is 30.4 Å². The molecule has 0 bridgehead atoms. The molecule has 5 heteroatoms. The van der Waals surface area contributed by atoms with E-state index in [1.165, 1.54) is 18.2 Å². The lowest BCUT2D eigenvalue weighted by atomic mass is 9.98. The molecule has 0 N–H and O–H groups in total. The molecule has 1 aliphatic heterocycles. The van der Waals surface area contributed by atoms with Crippen LogP contribution in [0, 0.1) is 11.6 Å². The standard InChI is InChI=1S/C20H17F2N3/c1-13-5-2-9-18-19(13)24-20(14-6-4-10-23-11-14)25(18)12-15-16(21)7-3-8-17(15)22/h2-11,18,20H,12H2,1H3. The quantitative estimate of drug-likeness (QED) is 0.840. The van der Waals surface area contributed by atoms with Crippen molar-refractivity contribution in [3.05, 3.63) is 89.3 Å². The minimum absolute atomic E-state index is 0.0634. The van der Waals surface area contributed by atoms with Crippen molar-refractivity contribution in [2.24, 2.45) is 4.99 Å². The van der Waals surface area contributed by atoms with Gasteiger partial charge in [0.25, 0.3) is 0 Å². The van der Waals surface area contributed by atoms with E-state index in [1.807, 2.05) is 42.2 Å². The topological polar surface area (TPSA) is 28.5 Å². The summed E-state index contributed by atoms with van der Waals surface area (Å²) in [4.78, 5) is 11.0. The third-order valence-electron chi connectivity index (χ3n) is 4.64. The van der Waals surface area contributed by atoms with E-state index in [1.54, 1.807) is 12.4 Å². The van der Waals surface area contributed by atoms with Crippen LogP contribution in [0.15, 0.2) is 71.5 Å². The number of halogens is 2. The highest BCUT2D eigenvalue weighted by Crippen LogP contribution is 2.36. The maximum Gasteiger partial charge on any atom is 0.131 e. The summed E-state index contributed by atoms with van der Waals surface area (Å²) in [6, 6.07) is 7.64. The lowest BCUT2D eigenvalue weighted by molar-refractivity contribution is 0.205. The summed E-state index contributed by atoms with van der Waals surface area (Å²) < 4.78 is 28.4. The molecule has 2 aromatic rings. The lowest BCUT2D eigenvalue weighted by Crippen LogP contribution is -2.36. The van der Waals surface area contributed by atoms with Gasteiger partial charge in [0, 0.05) is 30.1 Å². The van der Waals surface area contributed by atoms with Crippen LogP contribution in [0.1, 0.15) is 24.2 Å². The first-order valence-corrected chi connectivity index (χ1v) is 8.17. The molecule has 1 aromatic heterocycles. The minimum atomic E-state index is -0.537. The van der Waals surface area contributed by atoms with Crippen molar-refractivity contribution < 1.29 is 8.78 Å². The average molecular weight is 337 g/mol. The van der Waals surface area contributed by atoms with E-state index in [-0.39, 0.29) is 24.3 Å². The van der Waals surface area contributed by atoms with E-state index >= 15 is 0 Å². The Morgan fingerprint density at radius 3 is 2.64 bits per heavy atom. The second-order valence-electron chi connectivity index (χ2n) is 6.23. The molecule has 126 valence electrons. The number of hydrogen-bond donors (Lipinski definition) is 0. The van der Waals surface area contributed by atoms with Gasteiger partial charge < -0.3 is 0 Å². The zero-order valence-corrected chi connectivity index (χ0v) is 13.7. The maximum absolute atomic E-state index is 14.2. The maximum atomic E-state index is 14.2. The van der Waals surface area contributed by atoms with Crippen molar-refractivity contribution in [2.75, 3.05) is 0 Å². The number of aliphatic imine (C=N–C) groups is 1. The fraction of sp³-hybridized carbons (Fsp3) is 0.200. The summed E-state index contributed by atoms with van der Waals surface area (Å²) in [5.74, 6) is -1.07. The van der Waals surface area contributed by atoms with Gasteiger partial charge in [-0.05, 0) is 30.7 Å². The highest BCUT2D eigenvalue weighted by molar-refractivity contribution is 6.07. The Morgan fingerprint density at radius 2 is 1.92 bits per heavy atom. The van der Waals surface area contributed by atoms with E-state index in [2.05, 4.69) is 4.98 Å². The monoisotopic (exact) mass is 337 g/mol. The Hall–Kier alpha value is -2.66. The van der Waals surface area contributed by atoms with Gasteiger partial charge in [0.05, 0.1) is 11.8 Å². The number of benzene rings is 1. The molecule has 1 aliphatic carbocycles. The highest BCUT2D eigenvalue weighted by Gasteiger charge is 2.37. The Bertz CT molecular complexity index is 867. The molecule has 25 heavy (non-hydrogen) atoms. The van der Waals surface area contributed by atoms with E-state index in [9.17, 15) is 8.78 Å². The number of allylic oxidation sites excluding steroid dienone is 2. The summed E-state index contributed by atoms with van der Waals surface area (Å²) in [5, 5.41) is 0. The van der Waals surface area contributed by atoms with Crippen molar-refractivity contribution >= 4 is 5.71 Å². The summed E-state index contributed by atoms with van der Waals surface area (Å²) in [6.45, 7) is 2.14. The van der Waals surface area contributed by atoms with Gasteiger partial charge in [-0.3, -0.25) is 14.9 Å². The van der Waals surface area contributed by atoms with E-state index in [0.717, 1.165) is 16.8 Å². The first-order chi connectivity index (χ1) is 12.1. The van der Waals surface area contributed by atoms with Gasteiger partial charge in [-0.25, -0.2) is 8.78 Å². The third-order valence-corrected chi connectivity index (χ3v) is 4.64. The Morgan fingerprint density at radius 1 is 1.12 bits per heavy atom. The molecule has 4 rings (SSSR count). The second kappa shape index (κ2) is 6.33. The van der Waals surface area contributed by atoms with Crippen molar-refractivity contribution in [3.63, 3.8) is 0 Å². The molecule has 1 aromatic carbocycles. The van der Waals surface area contributed by atoms with Crippen LogP contribution in [0.3, 0.4) is 0 Å². The van der Waals surface area contributed by atoms with Crippen LogP contribution < -0.4 is 0 Å². The number of fused-ring (bicyclic) bond motifs is 1. The average Bonchev–Trinajstić information content (AvgIpc) is 2.99. The number of pyridine rings is 1. The molecule has 0 saturated carbocycles. The Kier molecular flexibility index (Phi) is 4.01. The fourth-order valence-electron chi connectivity index (χ4n) is 3.36. The van der Waals surface area contributed by atoms with Gasteiger partial charge in [-0.15, -0.1) is 0 Å². The molecule has 3 nitrogen and oxygen atoms in total. The first-order valence-electron chi connectivity index (χ1n) is 8.17. The van der Waals surface area contributed by atoms with Gasteiger partial charge in [0.2, 0.25) is 0 Å². The smallest absolute Gasteiger partial charge is 0.131 e. The van der Waals surface area contributed by atoms with Gasteiger partial charge in [0.15, 0.2) is 0 Å². The molecule has 0 spiro atoms. The molecule has 0 saturated heterocycles. The Balaban J connectivity index is 1.76. The molecular formula is C20H17F2N3. The number of rotatable bonds is 3. The molecule has 2 aliphatic rings. The molecule has 2 atom stereocenters. The normalized spacial score (nSPS) is 22.5. The lowest BCUT2D eigenvalue weighted by Gasteiger charge is -2.29. The predicted octanol–water partition coefficient (Wildman–Crippen LogP) is 4.20. The van der Waals surface area contributed by atoms with Crippen LogP contribution in [0.25, 0.3) is 0 Å². The van der Waals surface area contributed by atoms with Crippen LogP contribution in [-0.4, -0.2) is 21.6 Å². The van der Waals surface area contributed by atoms with E-state index in [4.69, 9.17) is 4.99 Å². The van der Waals surface area contributed by atoms with Gasteiger partial charge in [-0.2, -0.15) is 0 Å². The summed E-state index contributed by atoms with van der Waals surface area (Å²) in [7, 11) is 0. The second-order valence-corrected chi connectivity index (χ2v) is 6.23. The van der Waals surface area contributed by atoms with E-state index in [0.29, 0.717) is 0 Å². The summed E-state index contributed by atoms with van der Waals surface area (Å²) in [6.07, 6.45) is 9.11. The predicted molar refractivity (Wildman–Crippen MR) is 93.0 cm³/mol. The molecule has 2 unspecified atom stereocenters. The van der Waals surface area contributed by atoms with Gasteiger partial charge >= 0.3 is 0 Å². The SMILES string of the molecule is CC1=CC=CC2C1=NC(c1cccnc1)N2Cc1c(F)cccc1F. The largest absolute Gasteiger partial charge is 0.264 e. The zero-order valence-electron chi connectivity index (χ0n) is 13.7. The van der Waals surface area contributed by atoms with Crippen molar-refractivity contribution in [1.82, 2.24) is 9.88 Å². The number of aromatic nitrogens is 1. The number of nitrogens with zero attached hydrogens (tertiary/aromatic N) is 3. The van der Waals surface area contributed by atoms with Crippen LogP contribution >= 0.6 is 0 Å². The zero-order chi connectivity index (χ0) is 17.4. The van der Waals surface area contributed by atoms with Crippen molar-refractivity contribution in [1.29, 1.82) is 0 Å². The van der Waals surface area contributed by atoms with E-state index < -0.39 is 11.6 Å². The molecule has 0 radical (unpaired) electrons. The molecule has 0 fully saturated rings. The fourth-order valence-corrected chi connectivity index (χ4v) is 3.36. The van der Waals surface area contributed by atoms with Crippen molar-refractivity contribution in [2.45, 2.75) is 25.7 Å². The van der Waals surface area contributed by atoms with Crippen LogP contribution in [0.5, 0.6) is 0 Å². The third kappa shape index (κ3) is 2.81. The summed E-state index contributed by atoms with van der Waals surface area (Å²) in [5.41, 5.74) is 2.97. The van der Waals surface area contributed by atoms with Crippen LogP contribution in [0.4, 0.5) is 8.78 Å². The van der Waals surface area contributed by atoms with Gasteiger partial charge in [0.1, 0.15) is 17.8 Å². The van der Waals surface area contributed by atoms with Crippen molar-refractivity contribution in [3.8, 4) is 0 Å². The molecule has 2 heterocycles. The number of hydrogen-bond acceptors (Lipinski definition) is 3. The minimum Gasteiger partial charge on any atom is -0.264 e. The Labute approximate surface area is 145 Å². The van der Waals surface area contributed by atoms with Crippen LogP contribution in [0.2, 0.25) is 0 Å². The first kappa shape index (κ1) is 15.8. The summed E-state index contributed by atoms with van der Waals surface area (Å²) >= 11 is 0.